The van der Waals surface area contributed by atoms with Gasteiger partial charge in [-0.3, -0.25) is 0 Å². The summed E-state index contributed by atoms with van der Waals surface area (Å²) in [6.45, 7) is -0.0648. The maximum absolute atomic E-state index is 12.5. The second-order valence-corrected chi connectivity index (χ2v) is 6.18. The Hall–Kier alpha value is -2.69. The molecule has 2 heterocycles. The fourth-order valence-electron chi connectivity index (χ4n) is 2.84. The van der Waals surface area contributed by atoms with Crippen LogP contribution in [0.3, 0.4) is 0 Å². The second kappa shape index (κ2) is 7.14. The van der Waals surface area contributed by atoms with Crippen LogP contribution in [0.15, 0.2) is 23.0 Å². The second-order valence-electron chi connectivity index (χ2n) is 5.77. The predicted molar refractivity (Wildman–Crippen MR) is 84.8 cm³/mol. The van der Waals surface area contributed by atoms with E-state index < -0.39 is 30.2 Å². The smallest absolute Gasteiger partial charge is 0.450 e. The molecule has 1 N–H and O–H groups in total. The van der Waals surface area contributed by atoms with Crippen LogP contribution in [0.2, 0.25) is 5.02 Å². The van der Waals surface area contributed by atoms with E-state index in [1.54, 1.807) is 0 Å². The third kappa shape index (κ3) is 4.35. The first kappa shape index (κ1) is 19.1. The van der Waals surface area contributed by atoms with Crippen LogP contribution in [0, 0.1) is 0 Å². The first-order valence-corrected chi connectivity index (χ1v) is 8.14. The van der Waals surface area contributed by atoms with Gasteiger partial charge in [0.15, 0.2) is 6.23 Å². The summed E-state index contributed by atoms with van der Waals surface area (Å²) >= 11 is 5.80. The number of rotatable bonds is 4. The van der Waals surface area contributed by atoms with E-state index in [9.17, 15) is 22.8 Å². The molecule has 1 atom stereocenters. The minimum Gasteiger partial charge on any atom is -0.450 e. The van der Waals surface area contributed by atoms with Crippen molar-refractivity contribution in [1.82, 2.24) is 14.3 Å². The maximum Gasteiger partial charge on any atom is 0.573 e. The molecule has 0 saturated carbocycles. The topological polar surface area (TPSA) is 95.6 Å². The highest BCUT2D eigenvalue weighted by Gasteiger charge is 2.32. The molecule has 3 rings (SSSR count). The summed E-state index contributed by atoms with van der Waals surface area (Å²) in [5.74, 6) is -0.181. The number of alkyl halides is 3. The average Bonchev–Trinajstić information content (AvgIpc) is 2.86. The van der Waals surface area contributed by atoms with Crippen molar-refractivity contribution < 1.29 is 32.5 Å². The fourth-order valence-corrected chi connectivity index (χ4v) is 3.08. The number of ether oxygens (including phenoxy) is 2. The highest BCUT2D eigenvalue weighted by atomic mass is 35.5. The van der Waals surface area contributed by atoms with Crippen LogP contribution in [0.5, 0.6) is 5.75 Å². The lowest BCUT2D eigenvalue weighted by molar-refractivity contribution is -0.274. The number of carbonyl (C=O) groups is 1. The maximum atomic E-state index is 12.5. The third-order valence-electron chi connectivity index (χ3n) is 3.87. The van der Waals surface area contributed by atoms with Crippen LogP contribution in [0.4, 0.5) is 18.0 Å². The van der Waals surface area contributed by atoms with Gasteiger partial charge in [-0.2, -0.15) is 5.10 Å². The minimum atomic E-state index is -4.87. The van der Waals surface area contributed by atoms with E-state index in [4.69, 9.17) is 21.4 Å². The number of carboxylic acid groups (broad SMARTS) is 1. The van der Waals surface area contributed by atoms with Crippen molar-refractivity contribution in [3.8, 4) is 5.75 Å². The molecule has 0 bridgehead atoms. The normalized spacial score (nSPS) is 16.7. The van der Waals surface area contributed by atoms with Crippen LogP contribution in [-0.4, -0.2) is 32.0 Å². The molecule has 0 spiro atoms. The van der Waals surface area contributed by atoms with Gasteiger partial charge in [-0.1, -0.05) is 17.7 Å². The van der Waals surface area contributed by atoms with Crippen molar-refractivity contribution in [1.29, 1.82) is 0 Å². The predicted octanol–water partition coefficient (Wildman–Crippen LogP) is 3.17. The molecule has 27 heavy (non-hydrogen) atoms. The Bertz CT molecular complexity index is 924. The zero-order valence-electron chi connectivity index (χ0n) is 13.6. The van der Waals surface area contributed by atoms with Gasteiger partial charge in [0.05, 0.1) is 11.6 Å². The highest BCUT2D eigenvalue weighted by molar-refractivity contribution is 6.32. The van der Waals surface area contributed by atoms with Crippen molar-refractivity contribution in [3.05, 3.63) is 45.1 Å². The van der Waals surface area contributed by atoms with Crippen LogP contribution in [0.1, 0.15) is 30.5 Å². The number of aromatic nitrogens is 3. The molecular formula is C15H13ClF3N3O5. The Morgan fingerprint density at radius 3 is 2.78 bits per heavy atom. The third-order valence-corrected chi connectivity index (χ3v) is 4.17. The molecule has 1 aromatic heterocycles. The van der Waals surface area contributed by atoms with Crippen molar-refractivity contribution in [2.45, 2.75) is 38.4 Å². The number of fused-ring (bicyclic) bond motifs is 1. The van der Waals surface area contributed by atoms with Gasteiger partial charge in [0, 0.05) is 12.8 Å². The molecule has 0 aliphatic carbocycles. The summed E-state index contributed by atoms with van der Waals surface area (Å²) in [5, 5.41) is 12.7. The first-order valence-electron chi connectivity index (χ1n) is 7.76. The van der Waals surface area contributed by atoms with Crippen molar-refractivity contribution in [2.75, 3.05) is 0 Å². The van der Waals surface area contributed by atoms with Crippen LogP contribution < -0.4 is 10.4 Å². The summed E-state index contributed by atoms with van der Waals surface area (Å²) in [5.41, 5.74) is -0.162. The van der Waals surface area contributed by atoms with E-state index in [-0.39, 0.29) is 11.6 Å². The lowest BCUT2D eigenvalue weighted by Gasteiger charge is -2.21. The van der Waals surface area contributed by atoms with Crippen molar-refractivity contribution in [3.63, 3.8) is 0 Å². The van der Waals surface area contributed by atoms with Gasteiger partial charge in [0.25, 0.3) is 0 Å². The first-order chi connectivity index (χ1) is 12.6. The minimum absolute atomic E-state index is 0.0648. The number of hydrogen-bond donors (Lipinski definition) is 1. The van der Waals surface area contributed by atoms with Gasteiger partial charge in [-0.15, -0.1) is 13.2 Å². The Balaban J connectivity index is 1.85. The van der Waals surface area contributed by atoms with Crippen LogP contribution in [-0.2, 0) is 17.7 Å². The lowest BCUT2D eigenvalue weighted by atomic mass is 10.1. The molecule has 146 valence electrons. The SMILES string of the molecule is O=C(O)OC1CCCc2nn(Cc3ccc(OC(F)(F)F)c(Cl)c3)c(=O)n21. The zero-order valence-corrected chi connectivity index (χ0v) is 14.3. The molecule has 2 aromatic rings. The van der Waals surface area contributed by atoms with Crippen LogP contribution in [0.25, 0.3) is 0 Å². The summed E-state index contributed by atoms with van der Waals surface area (Å²) < 4.78 is 47.6. The number of benzene rings is 1. The molecule has 1 aromatic carbocycles. The quantitative estimate of drug-likeness (QED) is 0.782. The molecule has 8 nitrogen and oxygen atoms in total. The zero-order chi connectivity index (χ0) is 19.8. The van der Waals surface area contributed by atoms with Gasteiger partial charge in [0.1, 0.15) is 11.6 Å². The standard InChI is InChI=1S/C15H13ClF3N3O5/c16-9-6-8(4-5-10(9)27-15(17,18)19)7-21-13(23)22-11(20-21)2-1-3-12(22)26-14(24)25/h4-6,12H,1-3,7H2,(H,24,25). The van der Waals surface area contributed by atoms with E-state index in [1.165, 1.54) is 16.7 Å². The molecule has 1 aliphatic heterocycles. The van der Waals surface area contributed by atoms with E-state index in [1.807, 2.05) is 0 Å². The van der Waals surface area contributed by atoms with Crippen LogP contribution >= 0.6 is 11.6 Å². The van der Waals surface area contributed by atoms with Gasteiger partial charge in [0.2, 0.25) is 0 Å². The van der Waals surface area contributed by atoms with Crippen molar-refractivity contribution >= 4 is 17.8 Å². The average molecular weight is 408 g/mol. The Morgan fingerprint density at radius 1 is 1.41 bits per heavy atom. The van der Waals surface area contributed by atoms with Gasteiger partial charge < -0.3 is 14.6 Å². The van der Waals surface area contributed by atoms with E-state index >= 15 is 0 Å². The Kier molecular flexibility index (Phi) is 5.05. The molecule has 1 aliphatic rings. The van der Waals surface area contributed by atoms with Gasteiger partial charge in [-0.25, -0.2) is 18.8 Å². The largest absolute Gasteiger partial charge is 0.573 e. The Labute approximate surface area is 154 Å². The van der Waals surface area contributed by atoms with Gasteiger partial charge in [-0.05, 0) is 24.1 Å². The molecule has 0 amide bonds. The number of nitrogens with zero attached hydrogens (tertiary/aromatic N) is 3. The summed E-state index contributed by atoms with van der Waals surface area (Å²) in [6.07, 6.45) is -5.91. The molecule has 0 fully saturated rings. The van der Waals surface area contributed by atoms with Gasteiger partial charge >= 0.3 is 18.2 Å². The fraction of sp³-hybridized carbons (Fsp3) is 0.400. The summed E-state index contributed by atoms with van der Waals surface area (Å²) in [4.78, 5) is 23.3. The van der Waals surface area contributed by atoms with E-state index in [2.05, 4.69) is 9.84 Å². The van der Waals surface area contributed by atoms with E-state index in [0.717, 1.165) is 10.7 Å². The summed E-state index contributed by atoms with van der Waals surface area (Å²) in [6, 6.07) is 3.60. The monoisotopic (exact) mass is 407 g/mol. The number of hydrogen-bond acceptors (Lipinski definition) is 5. The Morgan fingerprint density at radius 2 is 2.15 bits per heavy atom. The number of aryl methyl sites for hydroxylation is 1. The molecule has 0 radical (unpaired) electrons. The molecule has 0 saturated heterocycles. The number of halogens is 4. The lowest BCUT2D eigenvalue weighted by Crippen LogP contribution is -2.33. The van der Waals surface area contributed by atoms with Crippen molar-refractivity contribution in [2.24, 2.45) is 0 Å². The summed E-state index contributed by atoms with van der Waals surface area (Å²) in [7, 11) is 0. The highest BCUT2D eigenvalue weighted by Crippen LogP contribution is 2.31. The molecule has 1 unspecified atom stereocenters. The molecular weight excluding hydrogens is 395 g/mol. The molecule has 12 heteroatoms. The van der Waals surface area contributed by atoms with E-state index in [0.29, 0.717) is 30.7 Å².